The Balaban J connectivity index is 2.01. The molecule has 1 N–H and O–H groups in total. The lowest BCUT2D eigenvalue weighted by atomic mass is 9.76. The zero-order valence-electron chi connectivity index (χ0n) is 19.6. The molecule has 33 heavy (non-hydrogen) atoms. The molecule has 0 amide bonds. The molecule has 3 rings (SSSR count). The molecule has 0 aromatic rings. The van der Waals surface area contributed by atoms with Crippen LogP contribution >= 0.6 is 0 Å². The number of carboxylic acid groups (broad SMARTS) is 1. The average molecular weight is 454 g/mol. The van der Waals surface area contributed by atoms with Gasteiger partial charge in [0.2, 0.25) is 5.78 Å². The summed E-state index contributed by atoms with van der Waals surface area (Å²) in [7, 11) is 0. The maximum Gasteiger partial charge on any atom is 0.343 e. The molecule has 0 saturated heterocycles. The third-order valence-corrected chi connectivity index (χ3v) is 6.34. The first-order chi connectivity index (χ1) is 15.7. The Labute approximate surface area is 194 Å². The molecule has 3 aliphatic rings. The predicted octanol–water partition coefficient (Wildman–Crippen LogP) is 4.17. The third-order valence-electron chi connectivity index (χ3n) is 6.34. The second-order valence-corrected chi connectivity index (χ2v) is 8.76. The quantitative estimate of drug-likeness (QED) is 0.301. The van der Waals surface area contributed by atoms with Crippen LogP contribution in [0.3, 0.4) is 0 Å². The Morgan fingerprint density at radius 1 is 1.18 bits per heavy atom. The highest BCUT2D eigenvalue weighted by Gasteiger charge is 2.54. The van der Waals surface area contributed by atoms with Gasteiger partial charge in [-0.3, -0.25) is 9.59 Å². The monoisotopic (exact) mass is 453 g/mol. The van der Waals surface area contributed by atoms with Crippen LogP contribution in [0.4, 0.5) is 0 Å². The van der Waals surface area contributed by atoms with E-state index in [-0.39, 0.29) is 23.4 Å². The van der Waals surface area contributed by atoms with Crippen LogP contribution in [0.5, 0.6) is 0 Å². The van der Waals surface area contributed by atoms with Crippen LogP contribution in [0.15, 0.2) is 58.5 Å². The summed E-state index contributed by atoms with van der Waals surface area (Å²) >= 11 is 0. The topological polar surface area (TPSA) is 101 Å². The summed E-state index contributed by atoms with van der Waals surface area (Å²) in [5.74, 6) is -2.58. The highest BCUT2D eigenvalue weighted by atomic mass is 16.6. The van der Waals surface area contributed by atoms with Crippen molar-refractivity contribution in [3.8, 4) is 0 Å². The van der Waals surface area contributed by atoms with Gasteiger partial charge < -0.3 is 14.7 Å². The van der Waals surface area contributed by atoms with Crippen molar-refractivity contribution < 1.29 is 29.0 Å². The van der Waals surface area contributed by atoms with Gasteiger partial charge in [0.15, 0.2) is 11.4 Å². The van der Waals surface area contributed by atoms with Crippen molar-refractivity contribution in [3.63, 3.8) is 0 Å². The molecular formula is C26H31NO6. The number of rotatable bonds is 10. The minimum absolute atomic E-state index is 0.0461. The normalized spacial score (nSPS) is 23.0. The van der Waals surface area contributed by atoms with Gasteiger partial charge in [-0.05, 0) is 51.0 Å². The highest BCUT2D eigenvalue weighted by Crippen LogP contribution is 2.44. The molecule has 0 spiro atoms. The number of hydrogen-bond acceptors (Lipinski definition) is 6. The Hall–Kier alpha value is -3.22. The van der Waals surface area contributed by atoms with Crippen LogP contribution in [-0.2, 0) is 23.9 Å². The molecule has 2 heterocycles. The number of esters is 1. The van der Waals surface area contributed by atoms with Gasteiger partial charge in [0.25, 0.3) is 0 Å². The molecule has 0 fully saturated rings. The van der Waals surface area contributed by atoms with E-state index in [1.54, 1.807) is 24.3 Å². The minimum Gasteiger partial charge on any atom is -0.480 e. The van der Waals surface area contributed by atoms with Crippen LogP contribution in [0.2, 0.25) is 0 Å². The van der Waals surface area contributed by atoms with E-state index in [1.807, 2.05) is 6.92 Å². The molecule has 0 unspecified atom stereocenters. The van der Waals surface area contributed by atoms with Gasteiger partial charge in [-0.25, -0.2) is 9.59 Å². The van der Waals surface area contributed by atoms with E-state index < -0.39 is 29.4 Å². The number of Topliss-reactive ketones (excluding diaryl/α,β-unsaturated/α-hetero) is 2. The number of unbranched alkanes of at least 4 members (excludes halogenated alkanes) is 4. The van der Waals surface area contributed by atoms with Crippen molar-refractivity contribution in [1.29, 1.82) is 0 Å². The van der Waals surface area contributed by atoms with E-state index in [0.29, 0.717) is 23.3 Å². The van der Waals surface area contributed by atoms with Crippen LogP contribution in [0.1, 0.15) is 66.2 Å². The highest BCUT2D eigenvalue weighted by molar-refractivity contribution is 6.25. The van der Waals surface area contributed by atoms with E-state index in [9.17, 15) is 24.3 Å². The fourth-order valence-electron chi connectivity index (χ4n) is 4.38. The summed E-state index contributed by atoms with van der Waals surface area (Å²) in [5, 5.41) is 9.50. The molecule has 0 aromatic carbocycles. The standard InChI is InChI=1S/C26H31NO6/c1-5-7-8-9-10-12-21(28)22-20-14-17-13-18(11-6-2)27(16(3)24(30)31)15-19(17)23(29)26(20,4)33-25(22)32/h6,11,13-16H,5,7-10,12H2,1-4H3,(H,30,31)/b11-6+/t16-,26-/m1/s1. The van der Waals surface area contributed by atoms with Crippen molar-refractivity contribution in [3.05, 3.63) is 58.5 Å². The van der Waals surface area contributed by atoms with Gasteiger partial charge in [-0.1, -0.05) is 38.7 Å². The fraction of sp³-hybridized carbons (Fsp3) is 0.462. The molecule has 176 valence electrons. The number of carbonyl (C=O) groups excluding carboxylic acids is 3. The lowest BCUT2D eigenvalue weighted by Gasteiger charge is -2.35. The molecule has 7 heteroatoms. The number of ether oxygens (including phenoxy) is 1. The molecule has 0 saturated carbocycles. The molecule has 1 aliphatic carbocycles. The zero-order chi connectivity index (χ0) is 24.3. The summed E-state index contributed by atoms with van der Waals surface area (Å²) in [4.78, 5) is 52.2. The molecule has 7 nitrogen and oxygen atoms in total. The number of nitrogens with zero attached hydrogens (tertiary/aromatic N) is 1. The smallest absolute Gasteiger partial charge is 0.343 e. The molecular weight excluding hydrogens is 422 g/mol. The second kappa shape index (κ2) is 9.73. The number of carboxylic acids is 1. The largest absolute Gasteiger partial charge is 0.480 e. The first-order valence-corrected chi connectivity index (χ1v) is 11.5. The van der Waals surface area contributed by atoms with E-state index in [2.05, 4.69) is 6.92 Å². The summed E-state index contributed by atoms with van der Waals surface area (Å²) in [6.45, 7) is 6.95. The van der Waals surface area contributed by atoms with Gasteiger partial charge in [0.05, 0.1) is 0 Å². The van der Waals surface area contributed by atoms with Gasteiger partial charge in [-0.2, -0.15) is 0 Å². The SMILES string of the molecule is C/C=C/C1=CC2=CC3=C(C(=O)CCCCCCC)C(=O)O[C@@]3(C)C(=O)C2=CN1[C@H](C)C(=O)O. The Kier molecular flexibility index (Phi) is 7.20. The number of aliphatic carboxylic acids is 1. The van der Waals surface area contributed by atoms with Crippen LogP contribution in [-0.4, -0.2) is 45.2 Å². The van der Waals surface area contributed by atoms with Crippen LogP contribution in [0, 0.1) is 0 Å². The maximum atomic E-state index is 13.5. The number of fused-ring (bicyclic) bond motifs is 2. The number of ketones is 2. The summed E-state index contributed by atoms with van der Waals surface area (Å²) in [5.41, 5.74) is 0.0243. The van der Waals surface area contributed by atoms with E-state index in [1.165, 1.54) is 24.9 Å². The fourth-order valence-corrected chi connectivity index (χ4v) is 4.38. The van der Waals surface area contributed by atoms with Gasteiger partial charge in [0.1, 0.15) is 11.6 Å². The predicted molar refractivity (Wildman–Crippen MR) is 123 cm³/mol. The van der Waals surface area contributed by atoms with Crippen molar-refractivity contribution in [2.24, 2.45) is 0 Å². The second-order valence-electron chi connectivity index (χ2n) is 8.76. The molecule has 2 atom stereocenters. The van der Waals surface area contributed by atoms with Crippen molar-refractivity contribution >= 4 is 23.5 Å². The van der Waals surface area contributed by atoms with Crippen molar-refractivity contribution in [1.82, 2.24) is 4.90 Å². The summed E-state index contributed by atoms with van der Waals surface area (Å²) < 4.78 is 5.47. The van der Waals surface area contributed by atoms with Crippen molar-refractivity contribution in [2.45, 2.75) is 77.9 Å². The Bertz CT molecular complexity index is 1040. The van der Waals surface area contributed by atoms with Gasteiger partial charge in [-0.15, -0.1) is 0 Å². The first kappa shape index (κ1) is 24.4. The van der Waals surface area contributed by atoms with E-state index in [0.717, 1.165) is 25.7 Å². The molecule has 0 bridgehead atoms. The number of allylic oxidation sites excluding steroid dienone is 4. The van der Waals surface area contributed by atoms with Crippen molar-refractivity contribution in [2.75, 3.05) is 0 Å². The van der Waals surface area contributed by atoms with Crippen LogP contribution in [0.25, 0.3) is 0 Å². The summed E-state index contributed by atoms with van der Waals surface area (Å²) in [6.07, 6.45) is 13.5. The van der Waals surface area contributed by atoms with Gasteiger partial charge >= 0.3 is 11.9 Å². The zero-order valence-corrected chi connectivity index (χ0v) is 19.6. The lowest BCUT2D eigenvalue weighted by molar-refractivity contribution is -0.153. The molecule has 0 radical (unpaired) electrons. The maximum absolute atomic E-state index is 13.5. The summed E-state index contributed by atoms with van der Waals surface area (Å²) in [6, 6.07) is -0.907. The Morgan fingerprint density at radius 3 is 2.52 bits per heavy atom. The Morgan fingerprint density at radius 2 is 1.88 bits per heavy atom. The van der Waals surface area contributed by atoms with E-state index in [4.69, 9.17) is 4.74 Å². The molecule has 0 aromatic heterocycles. The van der Waals surface area contributed by atoms with Crippen LogP contribution < -0.4 is 0 Å². The van der Waals surface area contributed by atoms with Gasteiger partial charge in [0, 0.05) is 29.5 Å². The number of hydrogen-bond donors (Lipinski definition) is 1. The minimum atomic E-state index is -1.59. The lowest BCUT2D eigenvalue weighted by Crippen LogP contribution is -2.44. The number of carbonyl (C=O) groups is 4. The average Bonchev–Trinajstić information content (AvgIpc) is 3.03. The van der Waals surface area contributed by atoms with E-state index >= 15 is 0 Å². The third kappa shape index (κ3) is 4.49. The first-order valence-electron chi connectivity index (χ1n) is 11.5. The molecule has 2 aliphatic heterocycles.